The van der Waals surface area contributed by atoms with Gasteiger partial charge in [-0.1, -0.05) is 109 Å². The van der Waals surface area contributed by atoms with Gasteiger partial charge in [-0.2, -0.15) is 0 Å². The monoisotopic (exact) mass is 745 g/mol. The molecule has 13 heteroatoms. The van der Waals surface area contributed by atoms with E-state index in [1.165, 1.54) is 0 Å². The van der Waals surface area contributed by atoms with Crippen molar-refractivity contribution in [3.05, 3.63) is 192 Å². The summed E-state index contributed by atoms with van der Waals surface area (Å²) in [6, 6.07) is 59.7. The van der Waals surface area contributed by atoms with E-state index in [0.29, 0.717) is 0 Å². The van der Waals surface area contributed by atoms with Gasteiger partial charge in [0, 0.05) is 16.8 Å². The number of hydrogen-bond donors (Lipinski definition) is 6. The molecule has 6 N–H and O–H groups in total. The van der Waals surface area contributed by atoms with Crippen LogP contribution >= 0.6 is 15.0 Å². The fourth-order valence-electron chi connectivity index (χ4n) is 4.76. The van der Waals surface area contributed by atoms with Gasteiger partial charge >= 0.3 is 10.2 Å². The molecule has 0 bridgehead atoms. The first kappa shape index (κ1) is 40.2. The van der Waals surface area contributed by atoms with E-state index in [-0.39, 0.29) is 16.8 Å². The molecule has 0 amide bonds. The molecule has 6 aromatic rings. The summed E-state index contributed by atoms with van der Waals surface area (Å²) in [5.74, 6) is 0. The van der Waals surface area contributed by atoms with Crippen LogP contribution in [0.5, 0.6) is 0 Å². The molecule has 1 radical (unpaired) electrons. The standard InChI is InChI=1S/2C18H16OP.Co.2H2NO3/c2*19-20(16-10-4-1-5-11-16,17-12-6-2-7-13-17)18-14-8-3-9-15-18;;2*2-1(3)4/h2*1-15,19H;;2*(H2,2,3,4)/q2*+1;;2*+1. The summed E-state index contributed by atoms with van der Waals surface area (Å²) in [7, 11) is -5.05. The Morgan fingerprint density at radius 2 is 0.408 bits per heavy atom. The predicted octanol–water partition coefficient (Wildman–Crippen LogP) is 4.86. The molecule has 6 aromatic carbocycles. The SMILES string of the molecule is O=[N+](O)O.O=[N+](O)O.O[P+](c1ccccc1)(c1ccccc1)c1ccccc1.O[P+](c1ccccc1)(c1ccccc1)c1ccccc1.[Co]. The van der Waals surface area contributed by atoms with Crippen molar-refractivity contribution in [3.8, 4) is 0 Å². The van der Waals surface area contributed by atoms with Gasteiger partial charge in [0.2, 0.25) is 15.0 Å². The summed E-state index contributed by atoms with van der Waals surface area (Å²) < 4.78 is 0. The molecule has 0 atom stereocenters. The van der Waals surface area contributed by atoms with Gasteiger partial charge in [0.15, 0.2) is 0 Å². The summed E-state index contributed by atoms with van der Waals surface area (Å²) >= 11 is 0. The van der Waals surface area contributed by atoms with E-state index in [4.69, 9.17) is 30.6 Å². The molecule has 0 saturated heterocycles. The largest absolute Gasteiger partial charge is 0.472 e. The van der Waals surface area contributed by atoms with E-state index >= 15 is 0 Å². The van der Waals surface area contributed by atoms with Crippen molar-refractivity contribution in [3.63, 3.8) is 0 Å². The minimum atomic E-state index is -2.53. The molecule has 0 saturated carbocycles. The summed E-state index contributed by atoms with van der Waals surface area (Å²) in [6.07, 6.45) is 0. The van der Waals surface area contributed by atoms with Crippen molar-refractivity contribution < 1.29 is 57.6 Å². The zero-order valence-electron chi connectivity index (χ0n) is 25.9. The Kier molecular flexibility index (Phi) is 16.7. The van der Waals surface area contributed by atoms with Crippen LogP contribution in [0.4, 0.5) is 0 Å². The van der Waals surface area contributed by atoms with Gasteiger partial charge < -0.3 is 0 Å². The van der Waals surface area contributed by atoms with Crippen LogP contribution in [0.15, 0.2) is 182 Å². The Hall–Kier alpha value is -4.99. The Bertz CT molecular complexity index is 1480. The van der Waals surface area contributed by atoms with Gasteiger partial charge in [-0.15, -0.1) is 0 Å². The second-order valence-electron chi connectivity index (χ2n) is 9.79. The molecule has 49 heavy (non-hydrogen) atoms. The number of nitrogens with zero attached hydrogens (tertiary/aromatic N) is 2. The second kappa shape index (κ2) is 20.4. The topological polar surface area (TPSA) is 162 Å². The van der Waals surface area contributed by atoms with Crippen molar-refractivity contribution in [2.75, 3.05) is 0 Å². The summed E-state index contributed by atoms with van der Waals surface area (Å²) in [5, 5.41) is 31.0. The van der Waals surface area contributed by atoms with Crippen LogP contribution in [0.1, 0.15) is 0 Å². The maximum atomic E-state index is 11.5. The molecule has 253 valence electrons. The van der Waals surface area contributed by atoms with Crippen LogP contribution in [0.2, 0.25) is 0 Å². The van der Waals surface area contributed by atoms with E-state index in [0.717, 1.165) is 31.8 Å². The minimum absolute atomic E-state index is 0. The number of rotatable bonds is 6. The molecule has 0 aliphatic carbocycles. The molecular weight excluding hydrogens is 709 g/mol. The average molecular weight is 746 g/mol. The Morgan fingerprint density at radius 3 is 0.510 bits per heavy atom. The fraction of sp³-hybridized carbons (Fsp3) is 0. The van der Waals surface area contributed by atoms with Crippen molar-refractivity contribution >= 4 is 46.8 Å². The molecule has 0 unspecified atom stereocenters. The molecule has 6 rings (SSSR count). The first-order chi connectivity index (χ1) is 23.1. The summed E-state index contributed by atoms with van der Waals surface area (Å²) in [5.41, 5.74) is 0. The van der Waals surface area contributed by atoms with Gasteiger partial charge in [0.1, 0.15) is 41.6 Å². The van der Waals surface area contributed by atoms with Crippen LogP contribution in [-0.2, 0) is 16.8 Å². The van der Waals surface area contributed by atoms with E-state index in [2.05, 4.69) is 0 Å². The second-order valence-corrected chi connectivity index (χ2v) is 15.4. The Balaban J connectivity index is 0.000000275. The van der Waals surface area contributed by atoms with Gasteiger partial charge in [-0.3, -0.25) is 0 Å². The van der Waals surface area contributed by atoms with Crippen molar-refractivity contribution in [1.29, 1.82) is 0 Å². The molecule has 0 heterocycles. The zero-order valence-corrected chi connectivity index (χ0v) is 28.8. The van der Waals surface area contributed by atoms with E-state index in [1.807, 2.05) is 182 Å². The normalized spacial score (nSPS) is 10.2. The molecular formula is C36H36CoN2O8P2+4. The number of hydrogen-bond acceptors (Lipinski definition) is 4. The van der Waals surface area contributed by atoms with Crippen LogP contribution in [0.25, 0.3) is 0 Å². The van der Waals surface area contributed by atoms with Crippen LogP contribution in [0.3, 0.4) is 0 Å². The van der Waals surface area contributed by atoms with Crippen LogP contribution in [0, 0.1) is 9.81 Å². The summed E-state index contributed by atoms with van der Waals surface area (Å²) in [4.78, 5) is 40.0. The third-order valence-corrected chi connectivity index (χ3v) is 13.1. The van der Waals surface area contributed by atoms with Crippen LogP contribution in [-0.4, -0.2) is 40.8 Å². The third kappa shape index (κ3) is 11.6. The average Bonchev–Trinajstić information content (AvgIpc) is 3.13. The Morgan fingerprint density at radius 1 is 0.306 bits per heavy atom. The molecule has 0 aliphatic rings. The molecule has 0 spiro atoms. The first-order valence-electron chi connectivity index (χ1n) is 14.4. The van der Waals surface area contributed by atoms with Gasteiger partial charge in [0.25, 0.3) is 0 Å². The molecule has 0 fully saturated rings. The number of benzene rings is 6. The van der Waals surface area contributed by atoms with Crippen LogP contribution < -0.4 is 31.8 Å². The zero-order chi connectivity index (χ0) is 34.8. The predicted molar refractivity (Wildman–Crippen MR) is 189 cm³/mol. The van der Waals surface area contributed by atoms with Gasteiger partial charge in [-0.05, 0) is 72.8 Å². The quantitative estimate of drug-likeness (QED) is 0.104. The maximum absolute atomic E-state index is 11.5. The first-order valence-corrected chi connectivity index (χ1v) is 17.9. The molecule has 0 aliphatic heterocycles. The third-order valence-electron chi connectivity index (χ3n) is 6.78. The molecule has 10 nitrogen and oxygen atoms in total. The van der Waals surface area contributed by atoms with Crippen molar-refractivity contribution in [1.82, 2.24) is 0 Å². The van der Waals surface area contributed by atoms with Crippen molar-refractivity contribution in [2.24, 2.45) is 0 Å². The Labute approximate surface area is 295 Å². The smallest absolute Gasteiger partial charge is 0.235 e. The molecule has 0 aromatic heterocycles. The van der Waals surface area contributed by atoms with E-state index in [1.54, 1.807) is 0 Å². The fourth-order valence-corrected chi connectivity index (χ4v) is 10.2. The maximum Gasteiger partial charge on any atom is 0.472 e. The van der Waals surface area contributed by atoms with E-state index in [9.17, 15) is 9.79 Å². The van der Waals surface area contributed by atoms with Crippen molar-refractivity contribution in [2.45, 2.75) is 0 Å². The van der Waals surface area contributed by atoms with Gasteiger partial charge in [-0.25, -0.2) is 30.6 Å². The van der Waals surface area contributed by atoms with Gasteiger partial charge in [0.05, 0.1) is 0 Å². The minimum Gasteiger partial charge on any atom is -0.235 e. The van der Waals surface area contributed by atoms with E-state index < -0.39 is 25.2 Å². The summed E-state index contributed by atoms with van der Waals surface area (Å²) in [6.45, 7) is 0.